The van der Waals surface area contributed by atoms with Crippen LogP contribution >= 0.6 is 11.6 Å². The minimum absolute atomic E-state index is 0.312. The highest BCUT2D eigenvalue weighted by atomic mass is 35.5. The van der Waals surface area contributed by atoms with Gasteiger partial charge in [0, 0.05) is 68.7 Å². The smallest absolute Gasteiger partial charge is 0.0446 e. The molecule has 3 fully saturated rings. The topological polar surface area (TPSA) is 30.0 Å². The number of anilines is 1. The zero-order valence-electron chi connectivity index (χ0n) is 17.8. The van der Waals surface area contributed by atoms with Crippen molar-refractivity contribution in [1.82, 2.24) is 9.80 Å². The number of hydrogen-bond donors (Lipinski definition) is 1. The summed E-state index contributed by atoms with van der Waals surface area (Å²) < 4.78 is 0. The molecule has 0 spiro atoms. The summed E-state index contributed by atoms with van der Waals surface area (Å²) in [6.07, 6.45) is 10.5. The molecule has 2 saturated heterocycles. The molecule has 0 aromatic heterocycles. The zero-order chi connectivity index (χ0) is 20.1. The number of halogens is 1. The molecule has 0 unspecified atom stereocenters. The van der Waals surface area contributed by atoms with Gasteiger partial charge in [-0.05, 0) is 56.2 Å². The van der Waals surface area contributed by atoms with E-state index in [4.69, 9.17) is 11.6 Å². The van der Waals surface area contributed by atoms with Gasteiger partial charge in [-0.1, -0.05) is 36.9 Å². The molecule has 1 aliphatic carbocycles. The van der Waals surface area contributed by atoms with Gasteiger partial charge < -0.3 is 10.0 Å². The van der Waals surface area contributed by atoms with Gasteiger partial charge in [0.25, 0.3) is 0 Å². The van der Waals surface area contributed by atoms with E-state index < -0.39 is 0 Å². The average molecular weight is 420 g/mol. The SMILES string of the molecule is OCC[C@H]1CN(C2CCN(c3cccc(Cl)c3)CC2)CCN1CC1CCCCC1. The number of hydrogen-bond acceptors (Lipinski definition) is 4. The maximum Gasteiger partial charge on any atom is 0.0446 e. The Morgan fingerprint density at radius 2 is 1.76 bits per heavy atom. The Hall–Kier alpha value is -0.810. The van der Waals surface area contributed by atoms with Gasteiger partial charge in [-0.3, -0.25) is 9.80 Å². The third-order valence-electron chi connectivity index (χ3n) is 7.47. The lowest BCUT2D eigenvalue weighted by Crippen LogP contribution is -2.58. The summed E-state index contributed by atoms with van der Waals surface area (Å²) in [5.41, 5.74) is 1.26. The van der Waals surface area contributed by atoms with Crippen LogP contribution in [0.5, 0.6) is 0 Å². The van der Waals surface area contributed by atoms with Crippen molar-refractivity contribution in [3.63, 3.8) is 0 Å². The van der Waals surface area contributed by atoms with Crippen LogP contribution < -0.4 is 4.90 Å². The second-order valence-electron chi connectivity index (χ2n) is 9.36. The molecular weight excluding hydrogens is 382 g/mol. The first kappa shape index (κ1) is 21.4. The predicted octanol–water partition coefficient (Wildman–Crippen LogP) is 4.26. The van der Waals surface area contributed by atoms with E-state index in [0.717, 1.165) is 37.0 Å². The van der Waals surface area contributed by atoms with Gasteiger partial charge in [0.1, 0.15) is 0 Å². The van der Waals surface area contributed by atoms with E-state index in [1.54, 1.807) is 0 Å². The maximum absolute atomic E-state index is 9.66. The third-order valence-corrected chi connectivity index (χ3v) is 7.71. The molecule has 0 bridgehead atoms. The molecule has 4 nitrogen and oxygen atoms in total. The fourth-order valence-corrected chi connectivity index (χ4v) is 5.96. The number of aliphatic hydroxyl groups excluding tert-OH is 1. The molecule has 1 aromatic rings. The number of rotatable bonds is 6. The van der Waals surface area contributed by atoms with E-state index in [0.29, 0.717) is 18.7 Å². The molecule has 0 radical (unpaired) electrons. The van der Waals surface area contributed by atoms with Gasteiger partial charge in [0.15, 0.2) is 0 Å². The summed E-state index contributed by atoms with van der Waals surface area (Å²) in [7, 11) is 0. The van der Waals surface area contributed by atoms with Crippen LogP contribution in [0.3, 0.4) is 0 Å². The van der Waals surface area contributed by atoms with Crippen LogP contribution in [-0.4, -0.2) is 72.9 Å². The number of benzene rings is 1. The van der Waals surface area contributed by atoms with Crippen molar-refractivity contribution in [3.8, 4) is 0 Å². The molecule has 0 amide bonds. The number of piperazine rings is 1. The van der Waals surface area contributed by atoms with Gasteiger partial charge in [-0.25, -0.2) is 0 Å². The first-order chi connectivity index (χ1) is 14.2. The van der Waals surface area contributed by atoms with Gasteiger partial charge >= 0.3 is 0 Å². The fourth-order valence-electron chi connectivity index (χ4n) is 5.78. The number of piperidine rings is 1. The Morgan fingerprint density at radius 3 is 2.48 bits per heavy atom. The predicted molar refractivity (Wildman–Crippen MR) is 122 cm³/mol. The first-order valence-corrected chi connectivity index (χ1v) is 12.2. The summed E-state index contributed by atoms with van der Waals surface area (Å²) in [5, 5.41) is 10.5. The van der Waals surface area contributed by atoms with E-state index in [9.17, 15) is 5.11 Å². The van der Waals surface area contributed by atoms with Crippen LogP contribution in [0.2, 0.25) is 5.02 Å². The Labute approximate surface area is 181 Å². The maximum atomic E-state index is 9.66. The average Bonchev–Trinajstić information content (AvgIpc) is 2.76. The molecular formula is C24H38ClN3O. The molecule has 2 aliphatic heterocycles. The van der Waals surface area contributed by atoms with Crippen LogP contribution in [0.25, 0.3) is 0 Å². The van der Waals surface area contributed by atoms with E-state index >= 15 is 0 Å². The van der Waals surface area contributed by atoms with Crippen molar-refractivity contribution in [2.75, 3.05) is 50.8 Å². The van der Waals surface area contributed by atoms with Crippen molar-refractivity contribution in [2.24, 2.45) is 5.92 Å². The van der Waals surface area contributed by atoms with Crippen LogP contribution in [0.1, 0.15) is 51.4 Å². The third kappa shape index (κ3) is 5.66. The van der Waals surface area contributed by atoms with Crippen molar-refractivity contribution in [1.29, 1.82) is 0 Å². The van der Waals surface area contributed by atoms with E-state index in [1.807, 2.05) is 6.07 Å². The standard InChI is InChI=1S/C24H38ClN3O/c25-21-7-4-8-23(17-21)26-12-9-22(10-13-26)28-15-14-27(24(19-28)11-16-29)18-20-5-2-1-3-6-20/h4,7-8,17,20,22,24,29H,1-3,5-6,9-16,18-19H2/t24-/m0/s1. The zero-order valence-corrected chi connectivity index (χ0v) is 18.6. The second-order valence-corrected chi connectivity index (χ2v) is 9.79. The van der Waals surface area contributed by atoms with Gasteiger partial charge in [-0.2, -0.15) is 0 Å². The van der Waals surface area contributed by atoms with Gasteiger partial charge in [0.05, 0.1) is 0 Å². The highest BCUT2D eigenvalue weighted by molar-refractivity contribution is 6.30. The summed E-state index contributed by atoms with van der Waals surface area (Å²) in [6.45, 7) is 7.29. The fraction of sp³-hybridized carbons (Fsp3) is 0.750. The molecule has 1 atom stereocenters. The van der Waals surface area contributed by atoms with Gasteiger partial charge in [0.2, 0.25) is 0 Å². The Balaban J connectivity index is 1.29. The van der Waals surface area contributed by atoms with Crippen LogP contribution in [0.15, 0.2) is 24.3 Å². The largest absolute Gasteiger partial charge is 0.396 e. The monoisotopic (exact) mass is 419 g/mol. The van der Waals surface area contributed by atoms with E-state index in [1.165, 1.54) is 70.3 Å². The number of nitrogens with zero attached hydrogens (tertiary/aromatic N) is 3. The van der Waals surface area contributed by atoms with Crippen molar-refractivity contribution in [3.05, 3.63) is 29.3 Å². The lowest BCUT2D eigenvalue weighted by Gasteiger charge is -2.47. The van der Waals surface area contributed by atoms with Crippen molar-refractivity contribution in [2.45, 2.75) is 63.5 Å². The van der Waals surface area contributed by atoms with Crippen molar-refractivity contribution < 1.29 is 5.11 Å². The van der Waals surface area contributed by atoms with Crippen LogP contribution in [0, 0.1) is 5.92 Å². The molecule has 4 rings (SSSR count). The minimum Gasteiger partial charge on any atom is -0.396 e. The molecule has 29 heavy (non-hydrogen) atoms. The summed E-state index contributed by atoms with van der Waals surface area (Å²) in [5.74, 6) is 0.887. The quantitative estimate of drug-likeness (QED) is 0.746. The Kier molecular flexibility index (Phi) is 7.74. The summed E-state index contributed by atoms with van der Waals surface area (Å²) >= 11 is 6.18. The summed E-state index contributed by atoms with van der Waals surface area (Å²) in [4.78, 5) is 7.92. The summed E-state index contributed by atoms with van der Waals surface area (Å²) in [6, 6.07) is 9.47. The van der Waals surface area contributed by atoms with Crippen LogP contribution in [-0.2, 0) is 0 Å². The molecule has 2 heterocycles. The lowest BCUT2D eigenvalue weighted by atomic mass is 9.88. The first-order valence-electron chi connectivity index (χ1n) is 11.8. The van der Waals surface area contributed by atoms with E-state index in [-0.39, 0.29) is 0 Å². The highest BCUT2D eigenvalue weighted by Crippen LogP contribution is 2.29. The lowest BCUT2D eigenvalue weighted by molar-refractivity contribution is 0.0184. The highest BCUT2D eigenvalue weighted by Gasteiger charge is 2.33. The second kappa shape index (κ2) is 10.5. The molecule has 5 heteroatoms. The molecule has 3 aliphatic rings. The minimum atomic E-state index is 0.312. The Morgan fingerprint density at radius 1 is 0.966 bits per heavy atom. The Bertz CT molecular complexity index is 628. The number of aliphatic hydroxyl groups is 1. The molecule has 1 N–H and O–H groups in total. The normalized spacial score (nSPS) is 26.1. The van der Waals surface area contributed by atoms with Crippen molar-refractivity contribution >= 4 is 17.3 Å². The molecule has 1 saturated carbocycles. The molecule has 1 aromatic carbocycles. The molecule has 162 valence electrons. The van der Waals surface area contributed by atoms with Gasteiger partial charge in [-0.15, -0.1) is 0 Å². The van der Waals surface area contributed by atoms with E-state index in [2.05, 4.69) is 32.9 Å². The van der Waals surface area contributed by atoms with Crippen LogP contribution in [0.4, 0.5) is 5.69 Å².